The van der Waals surface area contributed by atoms with E-state index >= 15 is 0 Å². The maximum Gasteiger partial charge on any atom is 0.255 e. The summed E-state index contributed by atoms with van der Waals surface area (Å²) < 4.78 is 1.09. The highest BCUT2D eigenvalue weighted by molar-refractivity contribution is 9.10. The van der Waals surface area contributed by atoms with Gasteiger partial charge in [0.25, 0.3) is 5.91 Å². The number of hydrogen-bond donors (Lipinski definition) is 1. The number of carbonyl (C=O) groups excluding carboxylic acids is 1. The van der Waals surface area contributed by atoms with Crippen molar-refractivity contribution < 1.29 is 4.79 Å². The fourth-order valence-electron chi connectivity index (χ4n) is 4.89. The Balaban J connectivity index is 1.57. The van der Waals surface area contributed by atoms with Crippen molar-refractivity contribution in [1.29, 1.82) is 0 Å². The van der Waals surface area contributed by atoms with E-state index in [0.717, 1.165) is 48.1 Å². The number of carbonyl (C=O) groups is 1. The van der Waals surface area contributed by atoms with Crippen LogP contribution in [0, 0.1) is 5.92 Å². The highest BCUT2D eigenvalue weighted by atomic mass is 79.9. The van der Waals surface area contributed by atoms with Crippen LogP contribution in [-0.4, -0.2) is 23.9 Å². The van der Waals surface area contributed by atoms with Crippen LogP contribution in [0.5, 0.6) is 0 Å². The third kappa shape index (κ3) is 2.91. The third-order valence-electron chi connectivity index (χ3n) is 6.25. The second kappa shape index (κ2) is 6.83. The Bertz CT molecular complexity index is 899. The predicted octanol–water partition coefficient (Wildman–Crippen LogP) is 5.51. The lowest BCUT2D eigenvalue weighted by atomic mass is 9.76. The first-order chi connectivity index (χ1) is 13.2. The molecule has 27 heavy (non-hydrogen) atoms. The summed E-state index contributed by atoms with van der Waals surface area (Å²) in [4.78, 5) is 15.2. The highest BCUT2D eigenvalue weighted by Gasteiger charge is 2.39. The summed E-state index contributed by atoms with van der Waals surface area (Å²) in [6.45, 7) is 1.76. The van der Waals surface area contributed by atoms with Crippen LogP contribution in [0.15, 0.2) is 59.1 Å². The SMILES string of the molecule is O=C(c1cccc2c1NC(c1ccc(Br)cc1)C1CC=CC21)N1CCCC1. The van der Waals surface area contributed by atoms with Gasteiger partial charge in [-0.05, 0) is 54.5 Å². The molecule has 2 aliphatic heterocycles. The van der Waals surface area contributed by atoms with E-state index in [-0.39, 0.29) is 11.9 Å². The molecule has 3 nitrogen and oxygen atoms in total. The van der Waals surface area contributed by atoms with Gasteiger partial charge in [0, 0.05) is 23.5 Å². The number of nitrogens with zero attached hydrogens (tertiary/aromatic N) is 1. The molecule has 1 amide bonds. The molecular weight excluding hydrogens is 400 g/mol. The summed E-state index contributed by atoms with van der Waals surface area (Å²) in [7, 11) is 0. The second-order valence-corrected chi connectivity index (χ2v) is 8.71. The number of nitrogens with one attached hydrogen (secondary N) is 1. The molecule has 1 N–H and O–H groups in total. The van der Waals surface area contributed by atoms with Gasteiger partial charge in [-0.25, -0.2) is 0 Å². The van der Waals surface area contributed by atoms with Gasteiger partial charge in [-0.15, -0.1) is 0 Å². The Hall–Kier alpha value is -2.07. The van der Waals surface area contributed by atoms with Crippen molar-refractivity contribution in [3.05, 3.63) is 75.8 Å². The maximum atomic E-state index is 13.2. The molecule has 3 atom stereocenters. The van der Waals surface area contributed by atoms with Crippen LogP contribution in [0.3, 0.4) is 0 Å². The van der Waals surface area contributed by atoms with E-state index in [1.165, 1.54) is 11.1 Å². The highest BCUT2D eigenvalue weighted by Crippen LogP contribution is 2.50. The number of amides is 1. The fourth-order valence-corrected chi connectivity index (χ4v) is 5.15. The zero-order valence-corrected chi connectivity index (χ0v) is 16.8. The molecule has 1 fully saturated rings. The molecule has 2 heterocycles. The predicted molar refractivity (Wildman–Crippen MR) is 112 cm³/mol. The average Bonchev–Trinajstić information content (AvgIpc) is 3.39. The summed E-state index contributed by atoms with van der Waals surface area (Å²) in [6.07, 6.45) is 7.93. The molecule has 1 saturated heterocycles. The van der Waals surface area contributed by atoms with Crippen LogP contribution in [0.25, 0.3) is 0 Å². The van der Waals surface area contributed by atoms with Crippen LogP contribution in [0.1, 0.15) is 52.7 Å². The van der Waals surface area contributed by atoms with Gasteiger partial charge in [0.2, 0.25) is 0 Å². The molecule has 3 unspecified atom stereocenters. The molecule has 4 heteroatoms. The fraction of sp³-hybridized carbons (Fsp3) is 0.348. The molecule has 2 aromatic carbocycles. The van der Waals surface area contributed by atoms with Crippen molar-refractivity contribution in [2.24, 2.45) is 5.92 Å². The van der Waals surface area contributed by atoms with Gasteiger partial charge in [-0.3, -0.25) is 4.79 Å². The van der Waals surface area contributed by atoms with E-state index in [2.05, 4.69) is 63.7 Å². The molecule has 0 aromatic heterocycles. The smallest absolute Gasteiger partial charge is 0.255 e. The number of benzene rings is 2. The molecule has 5 rings (SSSR count). The van der Waals surface area contributed by atoms with Crippen molar-refractivity contribution in [1.82, 2.24) is 4.90 Å². The van der Waals surface area contributed by atoms with Gasteiger partial charge in [0.15, 0.2) is 0 Å². The molecule has 138 valence electrons. The van der Waals surface area contributed by atoms with Crippen LogP contribution in [0.4, 0.5) is 5.69 Å². The van der Waals surface area contributed by atoms with Crippen molar-refractivity contribution >= 4 is 27.5 Å². The maximum absolute atomic E-state index is 13.2. The molecule has 1 aliphatic carbocycles. The number of fused-ring (bicyclic) bond motifs is 3. The number of halogens is 1. The average molecular weight is 423 g/mol. The number of para-hydroxylation sites is 1. The van der Waals surface area contributed by atoms with E-state index in [9.17, 15) is 4.79 Å². The molecule has 0 spiro atoms. The number of anilines is 1. The lowest BCUT2D eigenvalue weighted by molar-refractivity contribution is 0.0793. The topological polar surface area (TPSA) is 32.3 Å². The minimum absolute atomic E-state index is 0.173. The zero-order chi connectivity index (χ0) is 18.4. The number of likely N-dealkylation sites (tertiary alicyclic amines) is 1. The van der Waals surface area contributed by atoms with Crippen molar-refractivity contribution in [3.8, 4) is 0 Å². The summed E-state index contributed by atoms with van der Waals surface area (Å²) in [5.41, 5.74) is 4.42. The standard InChI is InChI=1S/C23H23BrN2O/c24-16-11-9-15(10-12-16)21-18-6-3-5-17(18)19-7-4-8-20(22(19)25-21)23(27)26-13-1-2-14-26/h3-5,7-12,17-18,21,25H,1-2,6,13-14H2. The van der Waals surface area contributed by atoms with E-state index in [0.29, 0.717) is 11.8 Å². The normalized spacial score (nSPS) is 25.8. The summed E-state index contributed by atoms with van der Waals surface area (Å²) in [5.74, 6) is 1.05. The molecular formula is C23H23BrN2O. The number of hydrogen-bond acceptors (Lipinski definition) is 2. The molecule has 3 aliphatic rings. The van der Waals surface area contributed by atoms with Crippen LogP contribution in [0.2, 0.25) is 0 Å². The van der Waals surface area contributed by atoms with Gasteiger partial charge in [-0.2, -0.15) is 0 Å². The first kappa shape index (κ1) is 17.1. The summed E-state index contributed by atoms with van der Waals surface area (Å²) in [6, 6.07) is 15.0. The second-order valence-electron chi connectivity index (χ2n) is 7.80. The first-order valence-electron chi connectivity index (χ1n) is 9.83. The molecule has 2 aromatic rings. The molecule has 0 saturated carbocycles. The largest absolute Gasteiger partial charge is 0.377 e. The summed E-state index contributed by atoms with van der Waals surface area (Å²) in [5, 5.41) is 3.77. The minimum Gasteiger partial charge on any atom is -0.377 e. The van der Waals surface area contributed by atoms with E-state index in [1.54, 1.807) is 0 Å². The first-order valence-corrected chi connectivity index (χ1v) is 10.6. The van der Waals surface area contributed by atoms with Gasteiger partial charge < -0.3 is 10.2 Å². The monoisotopic (exact) mass is 422 g/mol. The lowest BCUT2D eigenvalue weighted by Gasteiger charge is -2.38. The zero-order valence-electron chi connectivity index (χ0n) is 15.2. The van der Waals surface area contributed by atoms with Gasteiger partial charge in [-0.1, -0.05) is 52.3 Å². The van der Waals surface area contributed by atoms with Crippen molar-refractivity contribution in [3.63, 3.8) is 0 Å². The van der Waals surface area contributed by atoms with E-state index in [4.69, 9.17) is 0 Å². The van der Waals surface area contributed by atoms with E-state index in [1.807, 2.05) is 17.0 Å². The molecule has 0 bridgehead atoms. The number of allylic oxidation sites excluding steroid dienone is 2. The van der Waals surface area contributed by atoms with E-state index < -0.39 is 0 Å². The number of rotatable bonds is 2. The Labute approximate surface area is 168 Å². The van der Waals surface area contributed by atoms with Gasteiger partial charge >= 0.3 is 0 Å². The van der Waals surface area contributed by atoms with Crippen LogP contribution < -0.4 is 5.32 Å². The van der Waals surface area contributed by atoms with Crippen LogP contribution >= 0.6 is 15.9 Å². The minimum atomic E-state index is 0.173. The Kier molecular flexibility index (Phi) is 4.31. The lowest BCUT2D eigenvalue weighted by Crippen LogP contribution is -2.33. The van der Waals surface area contributed by atoms with Crippen molar-refractivity contribution in [2.45, 2.75) is 31.2 Å². The Morgan fingerprint density at radius 3 is 2.63 bits per heavy atom. The van der Waals surface area contributed by atoms with Gasteiger partial charge in [0.05, 0.1) is 17.3 Å². The Morgan fingerprint density at radius 2 is 1.85 bits per heavy atom. The summed E-state index contributed by atoms with van der Waals surface area (Å²) >= 11 is 3.54. The van der Waals surface area contributed by atoms with Crippen LogP contribution in [-0.2, 0) is 0 Å². The Morgan fingerprint density at radius 1 is 1.07 bits per heavy atom. The molecule has 0 radical (unpaired) electrons. The third-order valence-corrected chi connectivity index (χ3v) is 6.78. The van der Waals surface area contributed by atoms with Gasteiger partial charge in [0.1, 0.15) is 0 Å². The van der Waals surface area contributed by atoms with Crippen molar-refractivity contribution in [2.75, 3.05) is 18.4 Å². The quantitative estimate of drug-likeness (QED) is 0.646.